The fourth-order valence-electron chi connectivity index (χ4n) is 6.22. The van der Waals surface area contributed by atoms with Crippen LogP contribution in [-0.2, 0) is 4.79 Å². The number of aromatic nitrogens is 4. The first-order chi connectivity index (χ1) is 18.5. The maximum absolute atomic E-state index is 14.3. The second-order valence-electron chi connectivity index (χ2n) is 11.1. The number of hydrogen-bond donors (Lipinski definition) is 0. The smallest absolute Gasteiger partial charge is 0.306 e. The van der Waals surface area contributed by atoms with Crippen LogP contribution in [0.1, 0.15) is 63.8 Å². The topological polar surface area (TPSA) is 67.2 Å². The van der Waals surface area contributed by atoms with Gasteiger partial charge in [0.15, 0.2) is 11.4 Å². The van der Waals surface area contributed by atoms with E-state index in [0.29, 0.717) is 22.1 Å². The number of carbonyl (C=O) groups excluding carboxylic acids is 1. The molecule has 1 aromatic carbocycles. The van der Waals surface area contributed by atoms with E-state index in [1.54, 1.807) is 12.3 Å². The van der Waals surface area contributed by atoms with E-state index in [1.165, 1.54) is 0 Å². The van der Waals surface area contributed by atoms with Gasteiger partial charge in [-0.1, -0.05) is 36.2 Å². The van der Waals surface area contributed by atoms with Crippen LogP contribution in [0.3, 0.4) is 0 Å². The van der Waals surface area contributed by atoms with Crippen molar-refractivity contribution in [2.24, 2.45) is 5.92 Å². The average molecular weight is 580 g/mol. The molecule has 5 rings (SSSR count). The number of fused-ring (bicyclic) bond motifs is 1. The van der Waals surface area contributed by atoms with Crippen molar-refractivity contribution < 1.29 is 13.6 Å². The molecule has 0 radical (unpaired) electrons. The number of aryl methyl sites for hydroxylation is 1. The molecule has 0 bridgehead atoms. The molecular formula is C28H34Cl2F2N6O. The molecule has 2 saturated heterocycles. The fraction of sp³-hybridized carbons (Fsp3) is 0.571. The van der Waals surface area contributed by atoms with Crippen LogP contribution in [0.25, 0.3) is 11.2 Å². The first-order valence-electron chi connectivity index (χ1n) is 13.5. The van der Waals surface area contributed by atoms with Crippen LogP contribution in [0.4, 0.5) is 14.6 Å². The van der Waals surface area contributed by atoms with Gasteiger partial charge in [0.05, 0.1) is 17.9 Å². The van der Waals surface area contributed by atoms with Crippen molar-refractivity contribution in [2.75, 3.05) is 24.5 Å². The number of rotatable bonds is 7. The van der Waals surface area contributed by atoms with E-state index < -0.39 is 18.1 Å². The third-order valence-corrected chi connectivity index (χ3v) is 8.94. The Bertz CT molecular complexity index is 1380. The van der Waals surface area contributed by atoms with Gasteiger partial charge in [-0.15, -0.1) is 0 Å². The van der Waals surface area contributed by atoms with Crippen LogP contribution >= 0.6 is 23.2 Å². The summed E-state index contributed by atoms with van der Waals surface area (Å²) in [4.78, 5) is 25.6. The van der Waals surface area contributed by atoms with Gasteiger partial charge < -0.3 is 4.90 Å². The van der Waals surface area contributed by atoms with E-state index in [1.807, 2.05) is 30.7 Å². The number of carbonyl (C=O) groups is 1. The Hall–Kier alpha value is -2.36. The van der Waals surface area contributed by atoms with Crippen molar-refractivity contribution in [1.29, 1.82) is 0 Å². The summed E-state index contributed by atoms with van der Waals surface area (Å²) in [6.45, 7) is 9.36. The maximum atomic E-state index is 14.3. The van der Waals surface area contributed by atoms with E-state index in [2.05, 4.69) is 16.7 Å². The number of Topliss-reactive ketones (excluding diaryl/α,β-unsaturated/α-hetero) is 1. The molecule has 2 fully saturated rings. The van der Waals surface area contributed by atoms with Gasteiger partial charge in [-0.25, -0.2) is 14.6 Å². The summed E-state index contributed by atoms with van der Waals surface area (Å²) in [5, 5.41) is 5.88. The zero-order chi connectivity index (χ0) is 28.1. The number of likely N-dealkylation sites (tertiary alicyclic amines) is 1. The van der Waals surface area contributed by atoms with E-state index in [9.17, 15) is 13.6 Å². The lowest BCUT2D eigenvalue weighted by molar-refractivity contribution is -0.143. The van der Waals surface area contributed by atoms with Crippen LogP contribution in [0.2, 0.25) is 10.0 Å². The largest absolute Gasteiger partial charge is 0.355 e. The molecule has 4 heterocycles. The summed E-state index contributed by atoms with van der Waals surface area (Å²) >= 11 is 12.6. The maximum Gasteiger partial charge on any atom is 0.306 e. The molecule has 39 heavy (non-hydrogen) atoms. The van der Waals surface area contributed by atoms with E-state index in [0.717, 1.165) is 62.0 Å². The highest BCUT2D eigenvalue weighted by Crippen LogP contribution is 2.36. The third kappa shape index (κ3) is 5.50. The van der Waals surface area contributed by atoms with Gasteiger partial charge in [0.25, 0.3) is 0 Å². The van der Waals surface area contributed by atoms with Gasteiger partial charge in [-0.2, -0.15) is 13.9 Å². The number of hydrogen-bond acceptors (Lipinski definition) is 6. The zero-order valence-electron chi connectivity index (χ0n) is 22.7. The van der Waals surface area contributed by atoms with Crippen LogP contribution in [0.5, 0.6) is 0 Å². The molecule has 0 N–H and O–H groups in total. The monoisotopic (exact) mass is 578 g/mol. The van der Waals surface area contributed by atoms with E-state index in [4.69, 9.17) is 38.3 Å². The minimum Gasteiger partial charge on any atom is -0.355 e. The minimum atomic E-state index is -3.27. The molecule has 11 heteroatoms. The summed E-state index contributed by atoms with van der Waals surface area (Å²) in [6.07, 6.45) is 3.82. The number of alkyl halides is 2. The lowest BCUT2D eigenvalue weighted by Crippen LogP contribution is -2.53. The second kappa shape index (κ2) is 10.9. The number of ketones is 1. The summed E-state index contributed by atoms with van der Waals surface area (Å²) in [7, 11) is 0. The van der Waals surface area contributed by atoms with Crippen LogP contribution < -0.4 is 4.90 Å². The molecule has 0 aliphatic carbocycles. The van der Waals surface area contributed by atoms with E-state index in [-0.39, 0.29) is 24.0 Å². The van der Waals surface area contributed by atoms with Gasteiger partial charge in [-0.3, -0.25) is 9.69 Å². The Kier molecular flexibility index (Phi) is 7.87. The highest BCUT2D eigenvalue weighted by Gasteiger charge is 2.44. The fourth-order valence-corrected chi connectivity index (χ4v) is 6.79. The first kappa shape index (κ1) is 28.2. The molecule has 210 valence electrons. The molecule has 2 aliphatic heterocycles. The van der Waals surface area contributed by atoms with Crippen molar-refractivity contribution in [3.05, 3.63) is 45.7 Å². The number of halogens is 4. The van der Waals surface area contributed by atoms with Gasteiger partial charge in [0.2, 0.25) is 0 Å². The van der Waals surface area contributed by atoms with Gasteiger partial charge in [0, 0.05) is 48.6 Å². The summed E-state index contributed by atoms with van der Waals surface area (Å²) < 4.78 is 30.4. The highest BCUT2D eigenvalue weighted by atomic mass is 35.5. The molecule has 0 saturated carbocycles. The average Bonchev–Trinajstić information content (AvgIpc) is 3.46. The van der Waals surface area contributed by atoms with Crippen LogP contribution in [0, 0.1) is 12.8 Å². The normalized spacial score (nSPS) is 23.5. The standard InChI is InChI=1S/C28H34Cl2F2N6O/c1-16-15-36(11-9-24(16)37-10-5-6-21(37)13-28(31,32)19(4)39)25-14-33-26-17(2)35-38(27(26)34-25)18(3)22-8-7-20(29)12-23(22)30/h7-8,12,14,16,18,21,24H,5-6,9-11,13,15H2,1-4H3/t16?,18-,21+,24?/m1/s1. The lowest BCUT2D eigenvalue weighted by Gasteiger charge is -2.44. The van der Waals surface area contributed by atoms with Crippen molar-refractivity contribution >= 4 is 46.0 Å². The summed E-state index contributed by atoms with van der Waals surface area (Å²) in [5.41, 5.74) is 3.10. The van der Waals surface area contributed by atoms with E-state index >= 15 is 0 Å². The highest BCUT2D eigenvalue weighted by molar-refractivity contribution is 6.35. The number of benzene rings is 1. The minimum absolute atomic E-state index is 0.180. The van der Waals surface area contributed by atoms with Crippen molar-refractivity contribution in [3.63, 3.8) is 0 Å². The lowest BCUT2D eigenvalue weighted by atomic mass is 9.91. The Morgan fingerprint density at radius 3 is 2.69 bits per heavy atom. The molecule has 2 unspecified atom stereocenters. The van der Waals surface area contributed by atoms with Gasteiger partial charge in [0.1, 0.15) is 11.3 Å². The predicted molar refractivity (Wildman–Crippen MR) is 150 cm³/mol. The molecular weight excluding hydrogens is 545 g/mol. The molecule has 2 aromatic heterocycles. The number of nitrogens with zero attached hydrogens (tertiary/aromatic N) is 6. The summed E-state index contributed by atoms with van der Waals surface area (Å²) in [6, 6.07) is 5.18. The first-order valence-corrected chi connectivity index (χ1v) is 14.3. The molecule has 2 aliphatic rings. The van der Waals surface area contributed by atoms with Crippen molar-refractivity contribution in [1.82, 2.24) is 24.6 Å². The quantitative estimate of drug-likeness (QED) is 0.325. The van der Waals surface area contributed by atoms with Gasteiger partial charge in [-0.05, 0) is 63.3 Å². The summed E-state index contributed by atoms with van der Waals surface area (Å²) in [5.74, 6) is -3.31. The second-order valence-corrected chi connectivity index (χ2v) is 11.9. The molecule has 3 aromatic rings. The predicted octanol–water partition coefficient (Wildman–Crippen LogP) is 6.34. The molecule has 0 spiro atoms. The molecule has 0 amide bonds. The molecule has 4 atom stereocenters. The Morgan fingerprint density at radius 1 is 1.23 bits per heavy atom. The molecule has 7 nitrogen and oxygen atoms in total. The zero-order valence-corrected chi connectivity index (χ0v) is 24.2. The van der Waals surface area contributed by atoms with Crippen LogP contribution in [-0.4, -0.2) is 68.1 Å². The van der Waals surface area contributed by atoms with Crippen LogP contribution in [0.15, 0.2) is 24.4 Å². The Morgan fingerprint density at radius 2 is 2.00 bits per heavy atom. The van der Waals surface area contributed by atoms with Crippen molar-refractivity contribution in [3.8, 4) is 0 Å². The SMILES string of the molecule is CC(=O)C(F)(F)C[C@@H]1CCCN1C1CCN(c2cnc3c(C)nn([C@H](C)c4ccc(Cl)cc4Cl)c3n2)CC1C. The number of piperidine rings is 1. The third-order valence-electron chi connectivity index (χ3n) is 8.38. The van der Waals surface area contributed by atoms with Gasteiger partial charge >= 0.3 is 5.92 Å². The Balaban J connectivity index is 1.35. The van der Waals surface area contributed by atoms with Crippen molar-refractivity contribution in [2.45, 2.75) is 77.4 Å². The number of anilines is 1. The Labute approximate surface area is 237 Å².